The molecule has 0 aliphatic heterocycles. The summed E-state index contributed by atoms with van der Waals surface area (Å²) in [6, 6.07) is 6.65. The number of aryl methyl sites for hydroxylation is 1. The minimum Gasteiger partial charge on any atom is -0.453 e. The Morgan fingerprint density at radius 3 is 2.79 bits per heavy atom. The monoisotopic (exact) mass is 353 g/mol. The van der Waals surface area contributed by atoms with Crippen molar-refractivity contribution in [3.63, 3.8) is 0 Å². The summed E-state index contributed by atoms with van der Waals surface area (Å²) in [6.07, 6.45) is 0.472. The predicted molar refractivity (Wildman–Crippen MR) is 87.8 cm³/mol. The Kier molecular flexibility index (Phi) is 6.43. The maximum absolute atomic E-state index is 13.5. The minimum atomic E-state index is -1.10. The molecule has 1 aromatic carbocycles. The van der Waals surface area contributed by atoms with Crippen LogP contribution in [0.3, 0.4) is 0 Å². The summed E-state index contributed by atoms with van der Waals surface area (Å²) in [6.45, 7) is 1.38. The molecule has 1 N–H and O–H groups in total. The lowest BCUT2D eigenvalue weighted by Crippen LogP contribution is -2.30. The summed E-state index contributed by atoms with van der Waals surface area (Å²) in [5, 5.41) is 4.17. The molecule has 0 aliphatic carbocycles. The van der Waals surface area contributed by atoms with Crippen molar-refractivity contribution in [3.05, 3.63) is 52.2 Å². The second kappa shape index (κ2) is 8.54. The fourth-order valence-electron chi connectivity index (χ4n) is 2.00. The van der Waals surface area contributed by atoms with Crippen LogP contribution in [0, 0.1) is 11.6 Å². The van der Waals surface area contributed by atoms with Crippen LogP contribution in [-0.2, 0) is 20.7 Å². The van der Waals surface area contributed by atoms with Gasteiger partial charge in [0.2, 0.25) is 0 Å². The molecule has 1 amide bonds. The van der Waals surface area contributed by atoms with E-state index in [1.54, 1.807) is 11.3 Å². The maximum Gasteiger partial charge on any atom is 0.306 e. The molecule has 1 aromatic heterocycles. The first-order valence-electron chi connectivity index (χ1n) is 7.43. The van der Waals surface area contributed by atoms with E-state index in [9.17, 15) is 18.4 Å². The Balaban J connectivity index is 1.78. The van der Waals surface area contributed by atoms with E-state index in [1.807, 2.05) is 17.5 Å². The summed E-state index contributed by atoms with van der Waals surface area (Å²) < 4.78 is 31.5. The van der Waals surface area contributed by atoms with Gasteiger partial charge in [0.05, 0.1) is 5.69 Å². The number of halogens is 2. The van der Waals surface area contributed by atoms with Crippen molar-refractivity contribution in [3.8, 4) is 0 Å². The Bertz CT molecular complexity index is 704. The molecular formula is C17H17F2NO3S. The van der Waals surface area contributed by atoms with Crippen LogP contribution in [0.5, 0.6) is 0 Å². The molecule has 24 heavy (non-hydrogen) atoms. The van der Waals surface area contributed by atoms with Gasteiger partial charge in [-0.3, -0.25) is 9.59 Å². The first-order chi connectivity index (χ1) is 11.5. The number of nitrogens with one attached hydrogen (secondary N) is 1. The number of carbonyl (C=O) groups excluding carboxylic acids is 2. The quantitative estimate of drug-likeness (QED) is 0.768. The second-order valence-corrected chi connectivity index (χ2v) is 6.21. The Morgan fingerprint density at radius 1 is 1.29 bits per heavy atom. The van der Waals surface area contributed by atoms with Gasteiger partial charge in [0.25, 0.3) is 5.91 Å². The first kappa shape index (κ1) is 18.1. The van der Waals surface area contributed by atoms with Gasteiger partial charge in [0.1, 0.15) is 11.6 Å². The summed E-state index contributed by atoms with van der Waals surface area (Å²) in [5.74, 6) is -2.66. The molecule has 0 unspecified atom stereocenters. The van der Waals surface area contributed by atoms with Crippen molar-refractivity contribution < 1.29 is 23.1 Å². The molecule has 1 heterocycles. The number of thiophene rings is 1. The average Bonchev–Trinajstić information content (AvgIpc) is 3.04. The molecule has 1 atom stereocenters. The fourth-order valence-corrected chi connectivity index (χ4v) is 2.75. The molecule has 128 valence electrons. The van der Waals surface area contributed by atoms with Crippen LogP contribution in [0.2, 0.25) is 0 Å². The highest BCUT2D eigenvalue weighted by Gasteiger charge is 2.19. The minimum absolute atomic E-state index is 0.184. The van der Waals surface area contributed by atoms with Crippen LogP contribution in [0.15, 0.2) is 35.7 Å². The Labute approximate surface area is 142 Å². The van der Waals surface area contributed by atoms with Crippen molar-refractivity contribution in [2.75, 3.05) is 5.32 Å². The number of benzene rings is 1. The van der Waals surface area contributed by atoms with Crippen LogP contribution < -0.4 is 5.32 Å². The lowest BCUT2D eigenvalue weighted by Gasteiger charge is -2.14. The lowest BCUT2D eigenvalue weighted by atomic mass is 10.2. The summed E-state index contributed by atoms with van der Waals surface area (Å²) in [4.78, 5) is 24.8. The summed E-state index contributed by atoms with van der Waals surface area (Å²) in [7, 11) is 0. The highest BCUT2D eigenvalue weighted by Crippen LogP contribution is 2.16. The van der Waals surface area contributed by atoms with Gasteiger partial charge in [0.15, 0.2) is 6.10 Å². The standard InChI is InChI=1S/C17H17F2NO3S/c1-11(17(22)20-15-10-12(18)7-8-14(15)19)23-16(21)6-2-4-13-5-3-9-24-13/h3,5,7-11H,2,4,6H2,1H3,(H,20,22)/t11-/m1/s1. The van der Waals surface area contributed by atoms with Crippen molar-refractivity contribution in [2.45, 2.75) is 32.3 Å². The number of anilines is 1. The number of amides is 1. The van der Waals surface area contributed by atoms with Crippen molar-refractivity contribution in [1.82, 2.24) is 0 Å². The Hall–Kier alpha value is -2.28. The molecule has 4 nitrogen and oxygen atoms in total. The molecule has 2 aromatic rings. The molecule has 7 heteroatoms. The third kappa shape index (κ3) is 5.42. The molecule has 0 saturated heterocycles. The number of carbonyl (C=O) groups is 2. The zero-order valence-corrected chi connectivity index (χ0v) is 13.9. The number of hydrogen-bond donors (Lipinski definition) is 1. The topological polar surface area (TPSA) is 55.4 Å². The van der Waals surface area contributed by atoms with Crippen molar-refractivity contribution in [1.29, 1.82) is 0 Å². The molecule has 0 radical (unpaired) electrons. The zero-order valence-electron chi connectivity index (χ0n) is 13.1. The average molecular weight is 353 g/mol. The largest absolute Gasteiger partial charge is 0.453 e. The van der Waals surface area contributed by atoms with E-state index in [-0.39, 0.29) is 12.1 Å². The molecule has 0 spiro atoms. The summed E-state index contributed by atoms with van der Waals surface area (Å²) in [5.41, 5.74) is -0.291. The highest BCUT2D eigenvalue weighted by molar-refractivity contribution is 7.09. The number of ether oxygens (including phenoxy) is 1. The number of esters is 1. The normalized spacial score (nSPS) is 11.8. The number of hydrogen-bond acceptors (Lipinski definition) is 4. The van der Waals surface area contributed by atoms with Gasteiger partial charge in [-0.25, -0.2) is 8.78 Å². The molecular weight excluding hydrogens is 336 g/mol. The maximum atomic E-state index is 13.5. The van der Waals surface area contributed by atoms with Crippen LogP contribution in [-0.4, -0.2) is 18.0 Å². The number of rotatable bonds is 7. The molecule has 0 aliphatic rings. The van der Waals surface area contributed by atoms with Gasteiger partial charge in [-0.2, -0.15) is 0 Å². The van der Waals surface area contributed by atoms with E-state index in [1.165, 1.54) is 11.8 Å². The third-order valence-corrected chi connectivity index (χ3v) is 4.18. The van der Waals surface area contributed by atoms with E-state index in [0.717, 1.165) is 24.6 Å². The molecule has 2 rings (SSSR count). The summed E-state index contributed by atoms with van der Waals surface area (Å²) >= 11 is 1.61. The van der Waals surface area contributed by atoms with Crippen LogP contribution in [0.4, 0.5) is 14.5 Å². The highest BCUT2D eigenvalue weighted by atomic mass is 32.1. The van der Waals surface area contributed by atoms with Crippen LogP contribution >= 0.6 is 11.3 Å². The third-order valence-electron chi connectivity index (χ3n) is 3.25. The van der Waals surface area contributed by atoms with Gasteiger partial charge < -0.3 is 10.1 Å². The Morgan fingerprint density at radius 2 is 2.08 bits per heavy atom. The smallest absolute Gasteiger partial charge is 0.306 e. The zero-order chi connectivity index (χ0) is 17.5. The second-order valence-electron chi connectivity index (χ2n) is 5.18. The van der Waals surface area contributed by atoms with E-state index in [4.69, 9.17) is 4.74 Å². The first-order valence-corrected chi connectivity index (χ1v) is 8.31. The van der Waals surface area contributed by atoms with Crippen molar-refractivity contribution >= 4 is 28.9 Å². The predicted octanol–water partition coefficient (Wildman–Crippen LogP) is 3.92. The van der Waals surface area contributed by atoms with Gasteiger partial charge in [0, 0.05) is 17.4 Å². The SMILES string of the molecule is C[C@@H](OC(=O)CCCc1cccs1)C(=O)Nc1cc(F)ccc1F. The lowest BCUT2D eigenvalue weighted by molar-refractivity contribution is -0.153. The van der Waals surface area contributed by atoms with E-state index >= 15 is 0 Å². The van der Waals surface area contributed by atoms with Crippen molar-refractivity contribution in [2.24, 2.45) is 0 Å². The van der Waals surface area contributed by atoms with E-state index in [0.29, 0.717) is 6.42 Å². The van der Waals surface area contributed by atoms with Crippen LogP contribution in [0.25, 0.3) is 0 Å². The van der Waals surface area contributed by atoms with E-state index < -0.39 is 29.6 Å². The van der Waals surface area contributed by atoms with E-state index in [2.05, 4.69) is 5.32 Å². The fraction of sp³-hybridized carbons (Fsp3) is 0.294. The van der Waals surface area contributed by atoms with Gasteiger partial charge in [-0.05, 0) is 43.3 Å². The van der Waals surface area contributed by atoms with Gasteiger partial charge >= 0.3 is 5.97 Å². The van der Waals surface area contributed by atoms with Gasteiger partial charge in [-0.15, -0.1) is 11.3 Å². The molecule has 0 saturated carbocycles. The van der Waals surface area contributed by atoms with Crippen LogP contribution in [0.1, 0.15) is 24.6 Å². The molecule has 0 fully saturated rings. The van der Waals surface area contributed by atoms with Gasteiger partial charge in [-0.1, -0.05) is 6.07 Å². The molecule has 0 bridgehead atoms.